The van der Waals surface area contributed by atoms with Crippen molar-refractivity contribution in [3.63, 3.8) is 0 Å². The Bertz CT molecular complexity index is 1290. The van der Waals surface area contributed by atoms with Crippen LogP contribution in [0.15, 0.2) is 40.9 Å². The third kappa shape index (κ3) is 5.50. The Labute approximate surface area is 222 Å². The van der Waals surface area contributed by atoms with Crippen LogP contribution < -0.4 is 5.32 Å². The van der Waals surface area contributed by atoms with Crippen LogP contribution in [0.4, 0.5) is 0 Å². The fourth-order valence-electron chi connectivity index (χ4n) is 5.11. The van der Waals surface area contributed by atoms with E-state index in [9.17, 15) is 14.7 Å². The fourth-order valence-corrected chi connectivity index (χ4v) is 5.11. The molecule has 3 heterocycles. The van der Waals surface area contributed by atoms with Crippen LogP contribution in [0.3, 0.4) is 0 Å². The molecule has 2 N–H and O–H groups in total. The normalized spacial score (nSPS) is 20.5. The Morgan fingerprint density at radius 2 is 1.95 bits per heavy atom. The number of carbonyl (C=O) groups excluding carboxylic acids is 2. The van der Waals surface area contributed by atoms with E-state index in [1.807, 2.05) is 64.2 Å². The summed E-state index contributed by atoms with van der Waals surface area (Å²) in [6, 6.07) is 8.26. The van der Waals surface area contributed by atoms with Gasteiger partial charge in [-0.25, -0.2) is 9.67 Å². The van der Waals surface area contributed by atoms with E-state index >= 15 is 0 Å². The summed E-state index contributed by atoms with van der Waals surface area (Å²) in [5.41, 5.74) is 2.10. The van der Waals surface area contributed by atoms with Crippen molar-refractivity contribution >= 4 is 11.8 Å². The second-order valence-electron chi connectivity index (χ2n) is 11.5. The average molecular weight is 521 g/mol. The van der Waals surface area contributed by atoms with Crippen molar-refractivity contribution < 1.29 is 19.1 Å². The van der Waals surface area contributed by atoms with Gasteiger partial charge in [-0.1, -0.05) is 44.2 Å². The topological polar surface area (TPSA) is 126 Å². The predicted octanol–water partition coefficient (Wildman–Crippen LogP) is 3.03. The Morgan fingerprint density at radius 1 is 1.21 bits per heavy atom. The number of aryl methyl sites for hydroxylation is 1. The molecule has 2 unspecified atom stereocenters. The van der Waals surface area contributed by atoms with Gasteiger partial charge in [0.15, 0.2) is 0 Å². The summed E-state index contributed by atoms with van der Waals surface area (Å²) in [6.45, 7) is 8.22. The number of benzene rings is 1. The van der Waals surface area contributed by atoms with Crippen LogP contribution in [0.1, 0.15) is 69.1 Å². The third-order valence-corrected chi connectivity index (χ3v) is 7.28. The molecule has 202 valence electrons. The van der Waals surface area contributed by atoms with E-state index in [1.54, 1.807) is 4.68 Å². The molecule has 1 saturated heterocycles. The molecule has 1 saturated carbocycles. The van der Waals surface area contributed by atoms with E-state index in [-0.39, 0.29) is 24.8 Å². The highest BCUT2D eigenvalue weighted by Gasteiger charge is 2.45. The molecule has 10 nitrogen and oxygen atoms in total. The summed E-state index contributed by atoms with van der Waals surface area (Å²) in [5, 5.41) is 21.9. The number of carbonyl (C=O) groups is 2. The molecular formula is C28H36N6O4. The highest BCUT2D eigenvalue weighted by Crippen LogP contribution is 2.40. The molecule has 2 amide bonds. The molecule has 0 bridgehead atoms. The number of hydrogen-bond acceptors (Lipinski definition) is 7. The molecule has 10 heteroatoms. The fraction of sp³-hybridized carbons (Fsp3) is 0.536. The lowest BCUT2D eigenvalue weighted by Crippen LogP contribution is -2.50. The Morgan fingerprint density at radius 3 is 2.63 bits per heavy atom. The second-order valence-corrected chi connectivity index (χ2v) is 11.5. The van der Waals surface area contributed by atoms with Gasteiger partial charge in [-0.3, -0.25) is 9.59 Å². The zero-order chi connectivity index (χ0) is 27.0. The number of β-amino-alcohol motifs (C(OH)–C–C–N with tert-alkyl or cyclic N) is 1. The number of aromatic nitrogens is 4. The Hall–Kier alpha value is -3.53. The van der Waals surface area contributed by atoms with Crippen LogP contribution in [0.25, 0.3) is 11.5 Å². The van der Waals surface area contributed by atoms with Crippen LogP contribution in [-0.4, -0.2) is 67.0 Å². The van der Waals surface area contributed by atoms with Gasteiger partial charge in [-0.05, 0) is 37.3 Å². The molecule has 2 aliphatic rings. The minimum Gasteiger partial charge on any atom is -0.441 e. The van der Waals surface area contributed by atoms with Crippen molar-refractivity contribution in [2.24, 2.45) is 5.41 Å². The zero-order valence-corrected chi connectivity index (χ0v) is 22.4. The summed E-state index contributed by atoms with van der Waals surface area (Å²) in [5.74, 6) is 1.15. The average Bonchev–Trinajstić information content (AvgIpc) is 3.29. The van der Waals surface area contributed by atoms with E-state index in [1.165, 1.54) is 4.90 Å². The van der Waals surface area contributed by atoms with Gasteiger partial charge in [-0.2, -0.15) is 0 Å². The van der Waals surface area contributed by atoms with Gasteiger partial charge >= 0.3 is 0 Å². The number of amides is 2. The van der Waals surface area contributed by atoms with Gasteiger partial charge in [0.05, 0.1) is 17.5 Å². The van der Waals surface area contributed by atoms with Crippen molar-refractivity contribution in [2.75, 3.05) is 13.1 Å². The Balaban J connectivity index is 1.25. The number of oxazole rings is 1. The van der Waals surface area contributed by atoms with Crippen LogP contribution in [0.5, 0.6) is 0 Å². The number of nitrogens with zero attached hydrogens (tertiary/aromatic N) is 5. The second kappa shape index (κ2) is 10.3. The van der Waals surface area contributed by atoms with Gasteiger partial charge in [0, 0.05) is 43.6 Å². The van der Waals surface area contributed by atoms with Crippen molar-refractivity contribution in [1.82, 2.24) is 30.2 Å². The lowest BCUT2D eigenvalue weighted by atomic mass is 9.85. The molecule has 3 atom stereocenters. The van der Waals surface area contributed by atoms with Gasteiger partial charge in [0.25, 0.3) is 0 Å². The largest absolute Gasteiger partial charge is 0.441 e. The zero-order valence-electron chi connectivity index (χ0n) is 22.4. The summed E-state index contributed by atoms with van der Waals surface area (Å²) in [6.07, 6.45) is 3.96. The van der Waals surface area contributed by atoms with Crippen molar-refractivity contribution in [2.45, 2.75) is 77.5 Å². The van der Waals surface area contributed by atoms with Gasteiger partial charge < -0.3 is 19.7 Å². The third-order valence-electron chi connectivity index (χ3n) is 7.28. The SMILES string of the molecule is Cc1oc(-c2ccccc2)nc1CCNC(=O)C1CC(O)CN1C(=O)[C@@H](n1cc(C2CC2)nn1)C(C)(C)C. The van der Waals surface area contributed by atoms with E-state index in [4.69, 9.17) is 4.42 Å². The first-order chi connectivity index (χ1) is 18.1. The number of rotatable bonds is 8. The molecule has 3 aromatic rings. The number of aliphatic hydroxyl groups is 1. The lowest BCUT2D eigenvalue weighted by Gasteiger charge is -2.34. The van der Waals surface area contributed by atoms with E-state index in [0.717, 1.165) is 29.8 Å². The number of aliphatic hydroxyl groups excluding tert-OH is 1. The minimum absolute atomic E-state index is 0.108. The molecule has 38 heavy (non-hydrogen) atoms. The van der Waals surface area contributed by atoms with Crippen molar-refractivity contribution in [3.8, 4) is 11.5 Å². The predicted molar refractivity (Wildman–Crippen MR) is 140 cm³/mol. The number of hydrogen-bond donors (Lipinski definition) is 2. The van der Waals surface area contributed by atoms with Crippen molar-refractivity contribution in [1.29, 1.82) is 0 Å². The van der Waals surface area contributed by atoms with Crippen LogP contribution in [-0.2, 0) is 16.0 Å². The Kier molecular flexibility index (Phi) is 7.09. The lowest BCUT2D eigenvalue weighted by molar-refractivity contribution is -0.144. The quantitative estimate of drug-likeness (QED) is 0.467. The minimum atomic E-state index is -0.765. The highest BCUT2D eigenvalue weighted by atomic mass is 16.4. The first-order valence-electron chi connectivity index (χ1n) is 13.3. The maximum atomic E-state index is 13.8. The summed E-state index contributed by atoms with van der Waals surface area (Å²) in [7, 11) is 0. The van der Waals surface area contributed by atoms with E-state index in [0.29, 0.717) is 30.5 Å². The monoisotopic (exact) mass is 520 g/mol. The van der Waals surface area contributed by atoms with Gasteiger partial charge in [0.1, 0.15) is 17.8 Å². The molecule has 2 aromatic heterocycles. The van der Waals surface area contributed by atoms with Crippen LogP contribution in [0, 0.1) is 12.3 Å². The molecule has 0 radical (unpaired) electrons. The molecule has 1 aliphatic carbocycles. The molecule has 1 aliphatic heterocycles. The first-order valence-corrected chi connectivity index (χ1v) is 13.3. The van der Waals surface area contributed by atoms with Crippen molar-refractivity contribution in [3.05, 3.63) is 53.7 Å². The standard InChI is InChI=1S/C28H36N6O4/c1-17-21(30-26(38-17)19-8-6-5-7-9-19)12-13-29-25(36)23-14-20(35)15-33(23)27(37)24(28(2,3)4)34-16-22(31-32-34)18-10-11-18/h5-9,16,18,20,23-24,35H,10-15H2,1-4H3,(H,29,36)/t20?,23?,24-/m1/s1. The van der Waals surface area contributed by atoms with Gasteiger partial charge in [-0.15, -0.1) is 5.10 Å². The van der Waals surface area contributed by atoms with Crippen LogP contribution in [0.2, 0.25) is 0 Å². The molecule has 1 aromatic carbocycles. The van der Waals surface area contributed by atoms with Crippen LogP contribution >= 0.6 is 0 Å². The maximum Gasteiger partial charge on any atom is 0.248 e. The van der Waals surface area contributed by atoms with E-state index in [2.05, 4.69) is 20.6 Å². The number of likely N-dealkylation sites (tertiary alicyclic amines) is 1. The summed E-state index contributed by atoms with van der Waals surface area (Å²) < 4.78 is 7.45. The number of nitrogens with one attached hydrogen (secondary N) is 1. The molecule has 5 rings (SSSR count). The molecule has 0 spiro atoms. The maximum absolute atomic E-state index is 13.8. The molecular weight excluding hydrogens is 484 g/mol. The first kappa shape index (κ1) is 26.1. The molecule has 2 fully saturated rings. The summed E-state index contributed by atoms with van der Waals surface area (Å²) >= 11 is 0. The van der Waals surface area contributed by atoms with E-state index < -0.39 is 23.6 Å². The summed E-state index contributed by atoms with van der Waals surface area (Å²) in [4.78, 5) is 33.2. The highest BCUT2D eigenvalue weighted by molar-refractivity contribution is 5.90. The van der Waals surface area contributed by atoms with Gasteiger partial charge in [0.2, 0.25) is 17.7 Å². The smallest absolute Gasteiger partial charge is 0.248 e.